The van der Waals surface area contributed by atoms with Crippen LogP contribution < -0.4 is 0 Å². The quantitative estimate of drug-likeness (QED) is 0.797. The fourth-order valence-corrected chi connectivity index (χ4v) is 3.45. The highest BCUT2D eigenvalue weighted by molar-refractivity contribution is 9.10. The van der Waals surface area contributed by atoms with E-state index in [4.69, 9.17) is 0 Å². The number of nitrogens with zero attached hydrogens (tertiary/aromatic N) is 3. The summed E-state index contributed by atoms with van der Waals surface area (Å²) in [5.74, 6) is 0.842. The minimum atomic E-state index is 0.690. The Balaban J connectivity index is 1.74. The molecule has 0 fully saturated rings. The van der Waals surface area contributed by atoms with Crippen molar-refractivity contribution in [3.05, 3.63) is 70.2 Å². The second kappa shape index (κ2) is 7.11. The van der Waals surface area contributed by atoms with Crippen molar-refractivity contribution >= 4 is 38.6 Å². The van der Waals surface area contributed by atoms with E-state index in [1.807, 2.05) is 42.4 Å². The summed E-state index contributed by atoms with van der Waals surface area (Å²) in [7, 11) is 1.95. The van der Waals surface area contributed by atoms with Crippen LogP contribution in [0.3, 0.4) is 0 Å². The van der Waals surface area contributed by atoms with E-state index in [0.29, 0.717) is 6.54 Å². The molecule has 0 saturated carbocycles. The molecule has 0 unspecified atom stereocenters. The lowest BCUT2D eigenvalue weighted by atomic mass is 10.1. The number of halogens is 1. The summed E-state index contributed by atoms with van der Waals surface area (Å²) in [5, 5.41) is 7.49. The molecule has 3 nitrogen and oxygen atoms in total. The van der Waals surface area contributed by atoms with Crippen molar-refractivity contribution in [2.24, 2.45) is 10.1 Å². The number of hydrazone groups is 1. The van der Waals surface area contributed by atoms with Gasteiger partial charge in [0, 0.05) is 17.3 Å². The highest BCUT2D eigenvalue weighted by atomic mass is 79.9. The Labute approximate surface area is 143 Å². The SMILES string of the molecule is CN1N=C(c2cccc(Br)c2)CSC1=NCc1ccccc1. The molecule has 0 spiro atoms. The van der Waals surface area contributed by atoms with Crippen molar-refractivity contribution in [3.63, 3.8) is 0 Å². The van der Waals surface area contributed by atoms with Crippen LogP contribution >= 0.6 is 27.7 Å². The van der Waals surface area contributed by atoms with Crippen LogP contribution in [0, 0.1) is 0 Å². The maximum absolute atomic E-state index is 4.67. The Morgan fingerprint density at radius 3 is 2.73 bits per heavy atom. The highest BCUT2D eigenvalue weighted by Crippen LogP contribution is 2.21. The van der Waals surface area contributed by atoms with Gasteiger partial charge >= 0.3 is 0 Å². The summed E-state index contributed by atoms with van der Waals surface area (Å²) < 4.78 is 1.07. The van der Waals surface area contributed by atoms with Crippen LogP contribution in [-0.4, -0.2) is 28.7 Å². The predicted octanol–water partition coefficient (Wildman–Crippen LogP) is 4.39. The lowest BCUT2D eigenvalue weighted by molar-refractivity contribution is 0.550. The maximum atomic E-state index is 4.67. The van der Waals surface area contributed by atoms with Crippen LogP contribution in [-0.2, 0) is 6.54 Å². The Morgan fingerprint density at radius 1 is 1.18 bits per heavy atom. The van der Waals surface area contributed by atoms with E-state index in [9.17, 15) is 0 Å². The molecule has 5 heteroatoms. The van der Waals surface area contributed by atoms with Crippen molar-refractivity contribution in [2.45, 2.75) is 6.54 Å². The second-order valence-electron chi connectivity index (χ2n) is 4.95. The first-order valence-corrected chi connectivity index (χ1v) is 8.78. The summed E-state index contributed by atoms with van der Waals surface area (Å²) in [6.45, 7) is 0.690. The molecule has 1 heterocycles. The number of rotatable bonds is 3. The van der Waals surface area contributed by atoms with Crippen LogP contribution in [0.4, 0.5) is 0 Å². The molecule has 2 aromatic carbocycles. The van der Waals surface area contributed by atoms with E-state index in [2.05, 4.69) is 50.3 Å². The van der Waals surface area contributed by atoms with Crippen molar-refractivity contribution in [3.8, 4) is 0 Å². The van der Waals surface area contributed by atoms with Crippen LogP contribution in [0.1, 0.15) is 11.1 Å². The minimum absolute atomic E-state index is 0.690. The van der Waals surface area contributed by atoms with Gasteiger partial charge in [0.1, 0.15) is 0 Å². The van der Waals surface area contributed by atoms with Gasteiger partial charge < -0.3 is 0 Å². The molecule has 0 aliphatic carbocycles. The van der Waals surface area contributed by atoms with E-state index in [1.54, 1.807) is 11.8 Å². The summed E-state index contributed by atoms with van der Waals surface area (Å²) in [5.41, 5.74) is 3.44. The van der Waals surface area contributed by atoms with E-state index in [-0.39, 0.29) is 0 Å². The molecule has 112 valence electrons. The summed E-state index contributed by atoms with van der Waals surface area (Å²) in [6, 6.07) is 18.5. The molecule has 0 amide bonds. The van der Waals surface area contributed by atoms with Gasteiger partial charge in [-0.3, -0.25) is 4.99 Å². The highest BCUT2D eigenvalue weighted by Gasteiger charge is 2.17. The van der Waals surface area contributed by atoms with Crippen LogP contribution in [0.25, 0.3) is 0 Å². The Hall–Kier alpha value is -1.59. The number of hydrogen-bond acceptors (Lipinski definition) is 3. The van der Waals surface area contributed by atoms with Gasteiger partial charge in [0.15, 0.2) is 5.17 Å². The third-order valence-electron chi connectivity index (χ3n) is 3.28. The van der Waals surface area contributed by atoms with Gasteiger partial charge in [-0.15, -0.1) is 0 Å². The van der Waals surface area contributed by atoms with Crippen LogP contribution in [0.15, 0.2) is 69.2 Å². The molecule has 0 aromatic heterocycles. The topological polar surface area (TPSA) is 28.0 Å². The zero-order chi connectivity index (χ0) is 15.4. The molecule has 0 N–H and O–H groups in total. The fraction of sp³-hybridized carbons (Fsp3) is 0.176. The zero-order valence-corrected chi connectivity index (χ0v) is 14.6. The summed E-state index contributed by atoms with van der Waals surface area (Å²) in [4.78, 5) is 4.67. The van der Waals surface area contributed by atoms with Crippen LogP contribution in [0.5, 0.6) is 0 Å². The molecular weight excluding hydrogens is 358 g/mol. The number of thioether (sulfide) groups is 1. The Bertz CT molecular complexity index is 713. The van der Waals surface area contributed by atoms with Crippen molar-refractivity contribution in [1.29, 1.82) is 0 Å². The van der Waals surface area contributed by atoms with E-state index >= 15 is 0 Å². The van der Waals surface area contributed by atoms with Gasteiger partial charge in [-0.05, 0) is 23.3 Å². The largest absolute Gasteiger partial charge is 0.256 e. The first-order valence-electron chi connectivity index (χ1n) is 7.01. The standard InChI is InChI=1S/C17H16BrN3S/c1-21-17(19-11-13-6-3-2-4-7-13)22-12-16(20-21)14-8-5-9-15(18)10-14/h2-10H,11-12H2,1H3. The molecule has 2 aromatic rings. The number of benzene rings is 2. The molecule has 0 atom stereocenters. The summed E-state index contributed by atoms with van der Waals surface area (Å²) in [6.07, 6.45) is 0. The number of amidine groups is 1. The van der Waals surface area contributed by atoms with Gasteiger partial charge in [-0.1, -0.05) is 70.2 Å². The molecule has 1 aliphatic heterocycles. The normalized spacial score (nSPS) is 16.7. The zero-order valence-electron chi connectivity index (χ0n) is 12.2. The molecule has 0 saturated heterocycles. The minimum Gasteiger partial charge on any atom is -0.256 e. The maximum Gasteiger partial charge on any atom is 0.180 e. The van der Waals surface area contributed by atoms with Gasteiger partial charge in [-0.2, -0.15) is 5.10 Å². The smallest absolute Gasteiger partial charge is 0.180 e. The third-order valence-corrected chi connectivity index (χ3v) is 4.85. The molecule has 3 rings (SSSR count). The lowest BCUT2D eigenvalue weighted by Gasteiger charge is -2.22. The van der Waals surface area contributed by atoms with E-state index < -0.39 is 0 Å². The van der Waals surface area contributed by atoms with E-state index in [1.165, 1.54) is 5.56 Å². The lowest BCUT2D eigenvalue weighted by Crippen LogP contribution is -2.27. The molecular formula is C17H16BrN3S. The Kier molecular flexibility index (Phi) is 4.95. The molecule has 1 aliphatic rings. The molecule has 0 bridgehead atoms. The summed E-state index contributed by atoms with van der Waals surface area (Å²) >= 11 is 5.24. The van der Waals surface area contributed by atoms with Crippen molar-refractivity contribution in [2.75, 3.05) is 12.8 Å². The molecule has 0 radical (unpaired) electrons. The van der Waals surface area contributed by atoms with Gasteiger partial charge in [0.25, 0.3) is 0 Å². The van der Waals surface area contributed by atoms with E-state index in [0.717, 1.165) is 26.7 Å². The fourth-order valence-electron chi connectivity index (χ4n) is 2.18. The predicted molar refractivity (Wildman–Crippen MR) is 98.5 cm³/mol. The van der Waals surface area contributed by atoms with Gasteiger partial charge in [-0.25, -0.2) is 5.01 Å². The molecule has 22 heavy (non-hydrogen) atoms. The monoisotopic (exact) mass is 373 g/mol. The average Bonchev–Trinajstić information content (AvgIpc) is 2.54. The third kappa shape index (κ3) is 3.78. The first-order chi connectivity index (χ1) is 10.7. The van der Waals surface area contributed by atoms with Crippen molar-refractivity contribution in [1.82, 2.24) is 5.01 Å². The van der Waals surface area contributed by atoms with Crippen LogP contribution in [0.2, 0.25) is 0 Å². The van der Waals surface area contributed by atoms with Gasteiger partial charge in [0.2, 0.25) is 0 Å². The second-order valence-corrected chi connectivity index (χ2v) is 6.81. The first kappa shape index (κ1) is 15.3. The van der Waals surface area contributed by atoms with Crippen molar-refractivity contribution < 1.29 is 0 Å². The van der Waals surface area contributed by atoms with Gasteiger partial charge in [0.05, 0.1) is 12.3 Å². The number of hydrogen-bond donors (Lipinski definition) is 0. The Morgan fingerprint density at radius 2 is 2.00 bits per heavy atom. The average molecular weight is 374 g/mol. The number of aliphatic imine (C=N–C) groups is 1.